The minimum absolute atomic E-state index is 0.222. The second kappa shape index (κ2) is 9.43. The maximum atomic E-state index is 12.9. The summed E-state index contributed by atoms with van der Waals surface area (Å²) >= 11 is 0. The van der Waals surface area contributed by atoms with Crippen molar-refractivity contribution in [1.29, 1.82) is 0 Å². The van der Waals surface area contributed by atoms with Crippen LogP contribution in [0.3, 0.4) is 0 Å². The Morgan fingerprint density at radius 3 is 1.50 bits per heavy atom. The van der Waals surface area contributed by atoms with Gasteiger partial charge in [0, 0.05) is 13.1 Å². The molecule has 0 spiro atoms. The maximum absolute atomic E-state index is 12.9. The van der Waals surface area contributed by atoms with E-state index >= 15 is 0 Å². The maximum Gasteiger partial charge on any atom is 0.313 e. The number of ether oxygens (including phenoxy) is 2. The number of benzene rings is 2. The Labute approximate surface area is 179 Å². The number of carbonyl (C=O) groups excluding carboxylic acids is 2. The molecule has 3 rings (SSSR count). The van der Waals surface area contributed by atoms with E-state index in [1.54, 1.807) is 0 Å². The van der Waals surface area contributed by atoms with Gasteiger partial charge < -0.3 is 14.4 Å². The Balaban J connectivity index is 1.61. The smallest absolute Gasteiger partial charge is 0.313 e. The molecular formula is C25H31NO4. The second-order valence-electron chi connectivity index (χ2n) is 8.92. The van der Waals surface area contributed by atoms with Crippen molar-refractivity contribution in [3.63, 3.8) is 0 Å². The highest BCUT2D eigenvalue weighted by molar-refractivity contribution is 5.79. The van der Waals surface area contributed by atoms with E-state index in [-0.39, 0.29) is 25.2 Å². The number of likely N-dealkylation sites (tertiary alicyclic amines) is 1. The van der Waals surface area contributed by atoms with Gasteiger partial charge in [-0.3, -0.25) is 9.59 Å². The van der Waals surface area contributed by atoms with E-state index in [1.807, 2.05) is 86.5 Å². The van der Waals surface area contributed by atoms with Gasteiger partial charge in [0.25, 0.3) is 0 Å². The highest BCUT2D eigenvalue weighted by atomic mass is 16.5. The summed E-state index contributed by atoms with van der Waals surface area (Å²) in [4.78, 5) is 27.9. The molecule has 5 heteroatoms. The van der Waals surface area contributed by atoms with Crippen molar-refractivity contribution in [1.82, 2.24) is 4.90 Å². The Hall–Kier alpha value is -2.66. The van der Waals surface area contributed by atoms with Gasteiger partial charge in [-0.2, -0.15) is 0 Å². The fourth-order valence-electron chi connectivity index (χ4n) is 4.09. The summed E-state index contributed by atoms with van der Waals surface area (Å²) in [5.74, 6) is -0.444. The van der Waals surface area contributed by atoms with Gasteiger partial charge in [-0.15, -0.1) is 0 Å². The summed E-state index contributed by atoms with van der Waals surface area (Å²) in [5.41, 5.74) is 0.596. The van der Waals surface area contributed by atoms with Crippen LogP contribution in [-0.2, 0) is 32.3 Å². The molecule has 0 amide bonds. The molecule has 1 saturated heterocycles. The van der Waals surface area contributed by atoms with Crippen LogP contribution < -0.4 is 0 Å². The van der Waals surface area contributed by atoms with Gasteiger partial charge in [0.2, 0.25) is 0 Å². The summed E-state index contributed by atoms with van der Waals surface area (Å²) in [7, 11) is 1.94. The predicted molar refractivity (Wildman–Crippen MR) is 115 cm³/mol. The van der Waals surface area contributed by atoms with Crippen molar-refractivity contribution in [2.75, 3.05) is 20.1 Å². The van der Waals surface area contributed by atoms with Crippen LogP contribution in [-0.4, -0.2) is 37.0 Å². The van der Waals surface area contributed by atoms with Crippen LogP contribution in [0.15, 0.2) is 60.7 Å². The molecule has 0 radical (unpaired) electrons. The highest BCUT2D eigenvalue weighted by Gasteiger charge is 2.46. The van der Waals surface area contributed by atoms with E-state index in [4.69, 9.17) is 9.47 Å². The normalized spacial score (nSPS) is 24.6. The van der Waals surface area contributed by atoms with Crippen LogP contribution in [0.25, 0.3) is 0 Å². The SMILES string of the molecule is CN1CC(C)(C(=O)OCc2ccccc2)CCC(C)(C(=O)OCc2ccccc2)C1. The van der Waals surface area contributed by atoms with Gasteiger partial charge in [-0.05, 0) is 44.9 Å². The molecule has 1 aliphatic rings. The lowest BCUT2D eigenvalue weighted by molar-refractivity contribution is -0.159. The third-order valence-corrected chi connectivity index (χ3v) is 5.88. The molecule has 1 heterocycles. The molecular weight excluding hydrogens is 378 g/mol. The number of hydrogen-bond acceptors (Lipinski definition) is 5. The lowest BCUT2D eigenvalue weighted by Gasteiger charge is -2.29. The first-order valence-corrected chi connectivity index (χ1v) is 10.4. The number of hydrogen-bond donors (Lipinski definition) is 0. The van der Waals surface area contributed by atoms with Crippen LogP contribution in [0.5, 0.6) is 0 Å². The van der Waals surface area contributed by atoms with Gasteiger partial charge in [-0.1, -0.05) is 60.7 Å². The van der Waals surface area contributed by atoms with Crippen molar-refractivity contribution in [3.8, 4) is 0 Å². The average molecular weight is 410 g/mol. The number of rotatable bonds is 6. The Bertz CT molecular complexity index is 782. The van der Waals surface area contributed by atoms with E-state index in [1.165, 1.54) is 0 Å². The van der Waals surface area contributed by atoms with Crippen LogP contribution in [0.1, 0.15) is 37.8 Å². The number of carbonyl (C=O) groups is 2. The van der Waals surface area contributed by atoms with E-state index in [2.05, 4.69) is 0 Å². The minimum atomic E-state index is -0.666. The molecule has 2 aromatic rings. The third kappa shape index (κ3) is 5.48. The minimum Gasteiger partial charge on any atom is -0.460 e. The molecule has 0 aromatic heterocycles. The summed E-state index contributed by atoms with van der Waals surface area (Å²) in [6.45, 7) is 5.46. The first-order chi connectivity index (χ1) is 14.3. The summed E-state index contributed by atoms with van der Waals surface area (Å²) in [6, 6.07) is 19.3. The zero-order valence-corrected chi connectivity index (χ0v) is 18.1. The lowest BCUT2D eigenvalue weighted by Crippen LogP contribution is -2.41. The van der Waals surface area contributed by atoms with Crippen molar-refractivity contribution >= 4 is 11.9 Å². The molecule has 1 aliphatic heterocycles. The zero-order chi connectivity index (χ0) is 21.6. The molecule has 1 fully saturated rings. The molecule has 0 N–H and O–H groups in total. The number of esters is 2. The largest absolute Gasteiger partial charge is 0.460 e. The van der Waals surface area contributed by atoms with Crippen molar-refractivity contribution in [3.05, 3.63) is 71.8 Å². The summed E-state index contributed by atoms with van der Waals surface area (Å²) in [6.07, 6.45) is 1.14. The fourth-order valence-corrected chi connectivity index (χ4v) is 4.09. The lowest BCUT2D eigenvalue weighted by atomic mass is 9.79. The summed E-state index contributed by atoms with van der Waals surface area (Å²) in [5, 5.41) is 0. The highest BCUT2D eigenvalue weighted by Crippen LogP contribution is 2.38. The monoisotopic (exact) mass is 409 g/mol. The Morgan fingerprint density at radius 2 is 1.13 bits per heavy atom. The standard InChI is InChI=1S/C25H31NO4/c1-24(22(27)29-16-20-10-6-4-7-11-20)14-15-25(2,19-26(3)18-24)23(28)30-17-21-12-8-5-9-13-21/h4-13H,14-19H2,1-3H3. The first-order valence-electron chi connectivity index (χ1n) is 10.4. The van der Waals surface area contributed by atoms with Gasteiger partial charge in [0.05, 0.1) is 10.8 Å². The van der Waals surface area contributed by atoms with Crippen molar-refractivity contribution in [2.45, 2.75) is 39.9 Å². The molecule has 0 bridgehead atoms. The second-order valence-corrected chi connectivity index (χ2v) is 8.92. The Kier molecular flexibility index (Phi) is 6.93. The first kappa shape index (κ1) is 22.0. The average Bonchev–Trinajstić information content (AvgIpc) is 2.88. The van der Waals surface area contributed by atoms with Crippen LogP contribution in [0, 0.1) is 10.8 Å². The topological polar surface area (TPSA) is 55.8 Å². The summed E-state index contributed by atoms with van der Waals surface area (Å²) < 4.78 is 11.3. The molecule has 2 aromatic carbocycles. The van der Waals surface area contributed by atoms with Crippen molar-refractivity contribution in [2.24, 2.45) is 10.8 Å². The van der Waals surface area contributed by atoms with Crippen LogP contribution >= 0.6 is 0 Å². The molecule has 0 saturated carbocycles. The van der Waals surface area contributed by atoms with Gasteiger partial charge in [0.1, 0.15) is 13.2 Å². The quantitative estimate of drug-likeness (QED) is 0.669. The molecule has 2 atom stereocenters. The van der Waals surface area contributed by atoms with Gasteiger partial charge in [0.15, 0.2) is 0 Å². The van der Waals surface area contributed by atoms with Gasteiger partial charge >= 0.3 is 11.9 Å². The van der Waals surface area contributed by atoms with Gasteiger partial charge in [-0.25, -0.2) is 0 Å². The zero-order valence-electron chi connectivity index (χ0n) is 18.1. The Morgan fingerprint density at radius 1 is 0.767 bits per heavy atom. The predicted octanol–water partition coefficient (Wildman–Crippen LogP) is 4.21. The van der Waals surface area contributed by atoms with Crippen molar-refractivity contribution < 1.29 is 19.1 Å². The number of nitrogens with zero attached hydrogens (tertiary/aromatic N) is 1. The molecule has 2 unspecified atom stereocenters. The van der Waals surface area contributed by atoms with E-state index in [9.17, 15) is 9.59 Å². The van der Waals surface area contributed by atoms with Crippen LogP contribution in [0.4, 0.5) is 0 Å². The fraction of sp³-hybridized carbons (Fsp3) is 0.440. The molecule has 160 valence electrons. The molecule has 30 heavy (non-hydrogen) atoms. The van der Waals surface area contributed by atoms with E-state index < -0.39 is 10.8 Å². The molecule has 5 nitrogen and oxygen atoms in total. The third-order valence-electron chi connectivity index (χ3n) is 5.88. The van der Waals surface area contributed by atoms with E-state index in [0.29, 0.717) is 25.9 Å². The molecule has 0 aliphatic carbocycles. The van der Waals surface area contributed by atoms with Crippen LogP contribution in [0.2, 0.25) is 0 Å². The van der Waals surface area contributed by atoms with E-state index in [0.717, 1.165) is 11.1 Å².